The summed E-state index contributed by atoms with van der Waals surface area (Å²) in [7, 11) is 0. The van der Waals surface area contributed by atoms with Crippen LogP contribution in [0, 0.1) is 43.3 Å². The van der Waals surface area contributed by atoms with Gasteiger partial charge in [0, 0.05) is 28.9 Å². The zero-order chi connectivity index (χ0) is 102. The Kier molecular flexibility index (Phi) is 49.4. The lowest BCUT2D eigenvalue weighted by Crippen LogP contribution is -2.23. The molecule has 0 aliphatic heterocycles. The number of allylic oxidation sites excluding steroid dienone is 3. The highest BCUT2D eigenvalue weighted by Crippen LogP contribution is 2.38. The first-order valence-corrected chi connectivity index (χ1v) is 51.7. The van der Waals surface area contributed by atoms with E-state index in [2.05, 4.69) is 539 Å². The summed E-state index contributed by atoms with van der Waals surface area (Å²) in [5.41, 5.74) is 16.7. The molecule has 0 saturated heterocycles. The van der Waals surface area contributed by atoms with Gasteiger partial charge in [0.05, 0.1) is 0 Å². The fourth-order valence-electron chi connectivity index (χ4n) is 13.0. The average molecular weight is 1860 g/mol. The van der Waals surface area contributed by atoms with Gasteiger partial charge in [-0.2, -0.15) is 0 Å². The molecule has 0 bridgehead atoms. The lowest BCUT2D eigenvalue weighted by Gasteiger charge is -2.23. The Hall–Kier alpha value is -6.57. The van der Waals surface area contributed by atoms with Crippen LogP contribution in [0.1, 0.15) is 407 Å². The maximum absolute atomic E-state index is 5.79. The molecule has 0 N–H and O–H groups in total. The van der Waals surface area contributed by atoms with Crippen molar-refractivity contribution in [3.05, 3.63) is 268 Å². The van der Waals surface area contributed by atoms with Gasteiger partial charge in [-0.3, -0.25) is 0 Å². The summed E-state index contributed by atoms with van der Waals surface area (Å²) in [5, 5.41) is 0. The minimum atomic E-state index is -0.135. The van der Waals surface area contributed by atoms with Crippen LogP contribution in [0.25, 0.3) is 18.2 Å². The van der Waals surface area contributed by atoms with Crippen molar-refractivity contribution >= 4 is 53.5 Å². The molecule has 0 aromatic heterocycles. The highest BCUT2D eigenvalue weighted by molar-refractivity contribution is 8.01. The van der Waals surface area contributed by atoms with Crippen LogP contribution < -0.4 is 14.2 Å². The third-order valence-electron chi connectivity index (χ3n) is 18.4. The summed E-state index contributed by atoms with van der Waals surface area (Å²) in [5.74, 6) is 2.82. The molecule has 0 saturated carbocycles. The summed E-state index contributed by atoms with van der Waals surface area (Å²) in [6.45, 7) is 107. The molecule has 0 amide bonds. The van der Waals surface area contributed by atoms with E-state index in [9.17, 15) is 0 Å². The van der Waals surface area contributed by atoms with Gasteiger partial charge in [-0.15, -0.1) is 35.3 Å². The highest BCUT2D eigenvalue weighted by atomic mass is 32.2. The Bertz CT molecular complexity index is 3990. The number of hydrogen-bond acceptors (Lipinski definition) is 6. The molecule has 0 aliphatic rings. The van der Waals surface area contributed by atoms with E-state index in [1.807, 2.05) is 59.6 Å². The van der Waals surface area contributed by atoms with Gasteiger partial charge in [-0.1, -0.05) is 428 Å². The van der Waals surface area contributed by atoms with Crippen LogP contribution in [0.15, 0.2) is 227 Å². The maximum atomic E-state index is 5.79. The summed E-state index contributed by atoms with van der Waals surface area (Å²) in [6, 6.07) is 70.0. The fraction of sp³-hybridized carbons (Fsp3) is 0.571. The van der Waals surface area contributed by atoms with E-state index in [1.165, 1.54) is 70.3 Å². The van der Waals surface area contributed by atoms with Gasteiger partial charge in [0.2, 0.25) is 0 Å². The van der Waals surface area contributed by atoms with Crippen molar-refractivity contribution in [2.24, 2.45) is 43.3 Å². The molecular weight excluding hydrogens is 1660 g/mol. The number of thioether (sulfide) groups is 3. The molecule has 6 heteroatoms. The summed E-state index contributed by atoms with van der Waals surface area (Å²) < 4.78 is 18.2. The van der Waals surface area contributed by atoms with Crippen molar-refractivity contribution in [2.75, 3.05) is 0 Å². The van der Waals surface area contributed by atoms with Crippen molar-refractivity contribution in [3.63, 3.8) is 0 Å². The van der Waals surface area contributed by atoms with Crippen LogP contribution in [0.4, 0.5) is 0 Å². The molecule has 0 heterocycles. The standard InChI is InChI=1S/C18H28.C17H26O.C17H26S.C16H26.C15H24O.C15H24S.C14H22O.C14H22S/c1-17(2,3)13-7-8-15-9-11-16(12-10-15)14-18(4,5)6;2*1-16(2,3)13-7-8-14-9-11-15(12-10-14)18-17(4,5)6;1-15(2,3)11-13-7-9-14(10-8-13)12-16(4,5)6;2*1-14(2,3)11-12-7-9-13(10-8-12)16-15(4,5)6;2*1-13(2,3)11-7-9-12(10-8-11)15-14(4,5)6/h7-12H,13-14H2,1-6H3;2*7-12H,13H2,1-6H3;7-10H,11-12H2,1-6H3;2*7-10H,11H2,1-6H3;2*7-10H,1-6H3/b3*8-7+;;;;;. The molecule has 738 valence electrons. The van der Waals surface area contributed by atoms with E-state index in [1.54, 1.807) is 0 Å². The molecular formula is C126H198O3S3. The second-order valence-corrected chi connectivity index (χ2v) is 59.7. The third-order valence-corrected chi connectivity index (χ3v) is 21.7. The maximum Gasteiger partial charge on any atom is 0.120 e. The SMILES string of the molecule is CC(C)(C)C/C=C/c1ccc(CC(C)(C)C)cc1.CC(C)(C)C/C=C/c1ccc(OC(C)(C)C)cc1.CC(C)(C)C/C=C/c1ccc(SC(C)(C)C)cc1.CC(C)(C)Cc1ccc(CC(C)(C)C)cc1.CC(C)(C)Cc1ccc(OC(C)(C)C)cc1.CC(C)(C)Cc1ccc(SC(C)(C)C)cc1.CC(C)(C)Oc1ccc(C(C)(C)C)cc1.CC(C)(C)Sc1ccc(C(C)(C)C)cc1. The predicted molar refractivity (Wildman–Crippen MR) is 602 cm³/mol. The molecule has 0 spiro atoms. The minimum absolute atomic E-state index is 0.120. The smallest absolute Gasteiger partial charge is 0.120 e. The van der Waals surface area contributed by atoms with Gasteiger partial charge in [0.25, 0.3) is 0 Å². The molecule has 3 nitrogen and oxygen atoms in total. The summed E-state index contributed by atoms with van der Waals surface area (Å²) in [4.78, 5) is 4.07. The van der Waals surface area contributed by atoms with E-state index in [-0.39, 0.29) is 32.4 Å². The second kappa shape index (κ2) is 52.8. The van der Waals surface area contributed by atoms with E-state index >= 15 is 0 Å². The first-order chi connectivity index (χ1) is 59.3. The molecule has 8 aromatic carbocycles. The zero-order valence-electron chi connectivity index (χ0n) is 94.0. The molecule has 0 unspecified atom stereocenters. The molecule has 0 atom stereocenters. The van der Waals surface area contributed by atoms with Gasteiger partial charge in [-0.05, 0) is 296 Å². The fourth-order valence-corrected chi connectivity index (χ4v) is 16.0. The Balaban J connectivity index is 0.000000755. The van der Waals surface area contributed by atoms with Gasteiger partial charge in [0.15, 0.2) is 0 Å². The van der Waals surface area contributed by atoms with Crippen molar-refractivity contribution in [3.8, 4) is 17.2 Å². The van der Waals surface area contributed by atoms with Crippen LogP contribution in [-0.4, -0.2) is 31.0 Å². The molecule has 8 rings (SSSR count). The average Bonchev–Trinajstić information content (AvgIpc) is 0.885. The van der Waals surface area contributed by atoms with E-state index in [0.717, 1.165) is 68.6 Å². The lowest BCUT2D eigenvalue weighted by atomic mass is 9.85. The normalized spacial score (nSPS) is 12.9. The molecule has 0 radical (unpaired) electrons. The first kappa shape index (κ1) is 123. The Labute approximate surface area is 830 Å². The van der Waals surface area contributed by atoms with E-state index < -0.39 is 0 Å². The zero-order valence-corrected chi connectivity index (χ0v) is 96.5. The second-order valence-electron chi connectivity index (χ2n) is 54.0. The molecule has 132 heavy (non-hydrogen) atoms. The minimum Gasteiger partial charge on any atom is -0.488 e. The van der Waals surface area contributed by atoms with Crippen LogP contribution in [0.2, 0.25) is 0 Å². The topological polar surface area (TPSA) is 27.7 Å². The van der Waals surface area contributed by atoms with Crippen LogP contribution >= 0.6 is 35.3 Å². The number of benzene rings is 8. The van der Waals surface area contributed by atoms with Crippen molar-refractivity contribution < 1.29 is 14.2 Å². The number of rotatable bonds is 17. The van der Waals surface area contributed by atoms with Crippen molar-refractivity contribution in [2.45, 2.75) is 440 Å². The van der Waals surface area contributed by atoms with Crippen LogP contribution in [-0.2, 0) is 42.9 Å². The molecule has 0 fully saturated rings. The monoisotopic (exact) mass is 1860 g/mol. The Morgan fingerprint density at radius 1 is 0.189 bits per heavy atom. The number of hydrogen-bond donors (Lipinski definition) is 0. The molecule has 8 aromatic rings. The summed E-state index contributed by atoms with van der Waals surface area (Å²) in [6.07, 6.45) is 22.4. The van der Waals surface area contributed by atoms with E-state index in [0.29, 0.717) is 52.8 Å². The van der Waals surface area contributed by atoms with Crippen molar-refractivity contribution in [1.82, 2.24) is 0 Å². The summed E-state index contributed by atoms with van der Waals surface area (Å²) >= 11 is 5.76. The Morgan fingerprint density at radius 3 is 0.545 bits per heavy atom. The third kappa shape index (κ3) is 71.0. The lowest BCUT2D eigenvalue weighted by molar-refractivity contribution is 0.130. The quantitative estimate of drug-likeness (QED) is 0.0844. The first-order valence-electron chi connectivity index (χ1n) is 49.2. The van der Waals surface area contributed by atoms with E-state index in [4.69, 9.17) is 14.2 Å². The van der Waals surface area contributed by atoms with Gasteiger partial charge >= 0.3 is 0 Å². The van der Waals surface area contributed by atoms with Gasteiger partial charge < -0.3 is 14.2 Å². The Morgan fingerprint density at radius 2 is 0.348 bits per heavy atom. The van der Waals surface area contributed by atoms with Gasteiger partial charge in [0.1, 0.15) is 34.1 Å². The largest absolute Gasteiger partial charge is 0.488 e. The number of ether oxygens (including phenoxy) is 3. The highest BCUT2D eigenvalue weighted by Gasteiger charge is 2.23. The van der Waals surface area contributed by atoms with Gasteiger partial charge in [-0.25, -0.2) is 0 Å². The predicted octanol–water partition coefficient (Wildman–Crippen LogP) is 40.6. The van der Waals surface area contributed by atoms with Crippen LogP contribution in [0.5, 0.6) is 17.2 Å². The van der Waals surface area contributed by atoms with Crippen LogP contribution in [0.3, 0.4) is 0 Å². The van der Waals surface area contributed by atoms with Crippen molar-refractivity contribution in [1.29, 1.82) is 0 Å². The molecule has 0 aliphatic carbocycles.